The minimum atomic E-state index is -0.00920. The molecule has 2 aromatic rings. The largest absolute Gasteiger partial charge is 0.356 e. The molecule has 0 bridgehead atoms. The Morgan fingerprint density at radius 1 is 1.00 bits per heavy atom. The second-order valence-corrected chi connectivity index (χ2v) is 7.65. The minimum absolute atomic E-state index is 0.00920. The fraction of sp³-hybridized carbons (Fsp3) is 0.381. The molecule has 0 aromatic heterocycles. The summed E-state index contributed by atoms with van der Waals surface area (Å²) < 4.78 is 0. The van der Waals surface area contributed by atoms with Gasteiger partial charge in [-0.3, -0.25) is 4.79 Å². The summed E-state index contributed by atoms with van der Waals surface area (Å²) in [6, 6.07) is 13.8. The number of nitrogens with one attached hydrogen (secondary N) is 2. The molecule has 2 N–H and O–H groups in total. The summed E-state index contributed by atoms with van der Waals surface area (Å²) in [5.74, 6) is 0.831. The zero-order valence-electron chi connectivity index (χ0n) is 14.2. The van der Waals surface area contributed by atoms with Crippen LogP contribution < -0.4 is 10.6 Å². The molecule has 1 fully saturated rings. The van der Waals surface area contributed by atoms with Crippen LogP contribution in [0.15, 0.2) is 42.5 Å². The average Bonchev–Trinajstić information content (AvgIpc) is 2.93. The summed E-state index contributed by atoms with van der Waals surface area (Å²) in [6.45, 7) is 0. The van der Waals surface area contributed by atoms with Gasteiger partial charge in [-0.25, -0.2) is 0 Å². The van der Waals surface area contributed by atoms with Gasteiger partial charge in [0.05, 0.1) is 5.92 Å². The average molecular weight is 355 g/mol. The van der Waals surface area contributed by atoms with E-state index in [1.807, 2.05) is 36.4 Å². The Kier molecular flexibility index (Phi) is 4.67. The Bertz CT molecular complexity index is 766. The van der Waals surface area contributed by atoms with Gasteiger partial charge in [-0.2, -0.15) is 0 Å². The standard InChI is InChI=1S/C21H23ClN2O/c22-15-6-8-16(9-7-15)23-17-10-11-20-18(13-17)19(21(25)24-20)12-14-4-2-1-3-5-14/h6-11,13-14,19,23H,1-5,12H2,(H,24,25). The SMILES string of the molecule is O=C1Nc2ccc(Nc3ccc(Cl)cc3)cc2C1CC1CCCCC1. The highest BCUT2D eigenvalue weighted by Crippen LogP contribution is 2.41. The molecule has 1 aliphatic carbocycles. The number of halogens is 1. The highest BCUT2D eigenvalue weighted by Gasteiger charge is 2.33. The fourth-order valence-corrected chi connectivity index (χ4v) is 4.22. The van der Waals surface area contributed by atoms with Crippen molar-refractivity contribution in [2.24, 2.45) is 5.92 Å². The number of benzene rings is 2. The first kappa shape index (κ1) is 16.5. The molecule has 25 heavy (non-hydrogen) atoms. The number of carbonyl (C=O) groups excluding carboxylic acids is 1. The second-order valence-electron chi connectivity index (χ2n) is 7.22. The van der Waals surface area contributed by atoms with E-state index >= 15 is 0 Å². The quantitative estimate of drug-likeness (QED) is 0.697. The Hall–Kier alpha value is -2.00. The number of hydrogen-bond acceptors (Lipinski definition) is 2. The molecule has 130 valence electrons. The van der Waals surface area contributed by atoms with E-state index in [9.17, 15) is 4.79 Å². The van der Waals surface area contributed by atoms with E-state index in [1.54, 1.807) is 0 Å². The summed E-state index contributed by atoms with van der Waals surface area (Å²) in [5, 5.41) is 7.18. The molecule has 0 saturated heterocycles. The Balaban J connectivity index is 1.53. The van der Waals surface area contributed by atoms with Crippen LogP contribution in [0.4, 0.5) is 17.1 Å². The van der Waals surface area contributed by atoms with E-state index in [0.29, 0.717) is 5.92 Å². The van der Waals surface area contributed by atoms with Crippen molar-refractivity contribution >= 4 is 34.6 Å². The predicted octanol–water partition coefficient (Wildman–Crippen LogP) is 6.09. The number of amides is 1. The van der Waals surface area contributed by atoms with Crippen LogP contribution in [0.5, 0.6) is 0 Å². The number of hydrogen-bond donors (Lipinski definition) is 2. The smallest absolute Gasteiger partial charge is 0.232 e. The van der Waals surface area contributed by atoms with Crippen LogP contribution in [0.3, 0.4) is 0 Å². The maximum atomic E-state index is 12.5. The van der Waals surface area contributed by atoms with E-state index in [-0.39, 0.29) is 11.8 Å². The van der Waals surface area contributed by atoms with Crippen molar-refractivity contribution in [3.63, 3.8) is 0 Å². The van der Waals surface area contributed by atoms with E-state index in [4.69, 9.17) is 11.6 Å². The Morgan fingerprint density at radius 3 is 2.48 bits per heavy atom. The van der Waals surface area contributed by atoms with Crippen LogP contribution in [0, 0.1) is 5.92 Å². The molecule has 1 atom stereocenters. The third-order valence-electron chi connectivity index (χ3n) is 5.43. The third-order valence-corrected chi connectivity index (χ3v) is 5.68. The van der Waals surface area contributed by atoms with Gasteiger partial charge in [-0.1, -0.05) is 43.7 Å². The van der Waals surface area contributed by atoms with Crippen molar-refractivity contribution in [2.45, 2.75) is 44.4 Å². The molecule has 2 aromatic carbocycles. The molecule has 4 rings (SSSR count). The third kappa shape index (κ3) is 3.67. The van der Waals surface area contributed by atoms with Crippen LogP contribution >= 0.6 is 11.6 Å². The van der Waals surface area contributed by atoms with Gasteiger partial charge in [0.25, 0.3) is 0 Å². The van der Waals surface area contributed by atoms with Gasteiger partial charge in [0, 0.05) is 22.1 Å². The maximum absolute atomic E-state index is 12.5. The monoisotopic (exact) mass is 354 g/mol. The summed E-state index contributed by atoms with van der Waals surface area (Å²) >= 11 is 5.95. The van der Waals surface area contributed by atoms with Crippen molar-refractivity contribution in [3.05, 3.63) is 53.1 Å². The number of anilines is 3. The van der Waals surface area contributed by atoms with Gasteiger partial charge < -0.3 is 10.6 Å². The molecule has 0 radical (unpaired) electrons. The molecule has 1 heterocycles. The van der Waals surface area contributed by atoms with E-state index < -0.39 is 0 Å². The van der Waals surface area contributed by atoms with E-state index in [0.717, 1.165) is 34.1 Å². The van der Waals surface area contributed by atoms with Gasteiger partial charge in [0.2, 0.25) is 5.91 Å². The van der Waals surface area contributed by atoms with Crippen molar-refractivity contribution in [1.29, 1.82) is 0 Å². The fourth-order valence-electron chi connectivity index (χ4n) is 4.09. The van der Waals surface area contributed by atoms with Crippen LogP contribution in [-0.2, 0) is 4.79 Å². The Morgan fingerprint density at radius 2 is 1.72 bits per heavy atom. The van der Waals surface area contributed by atoms with Crippen LogP contribution in [0.1, 0.15) is 50.0 Å². The van der Waals surface area contributed by atoms with Gasteiger partial charge in [-0.05, 0) is 60.4 Å². The lowest BCUT2D eigenvalue weighted by atomic mass is 9.81. The topological polar surface area (TPSA) is 41.1 Å². The highest BCUT2D eigenvalue weighted by molar-refractivity contribution is 6.30. The lowest BCUT2D eigenvalue weighted by Gasteiger charge is -2.23. The van der Waals surface area contributed by atoms with Gasteiger partial charge in [0.15, 0.2) is 0 Å². The van der Waals surface area contributed by atoms with Crippen molar-refractivity contribution in [1.82, 2.24) is 0 Å². The molecule has 1 amide bonds. The molecule has 4 heteroatoms. The second kappa shape index (κ2) is 7.09. The first-order chi connectivity index (χ1) is 12.2. The van der Waals surface area contributed by atoms with Crippen LogP contribution in [-0.4, -0.2) is 5.91 Å². The first-order valence-electron chi connectivity index (χ1n) is 9.16. The Labute approximate surface area is 153 Å². The predicted molar refractivity (Wildman–Crippen MR) is 104 cm³/mol. The summed E-state index contributed by atoms with van der Waals surface area (Å²) in [7, 11) is 0. The number of carbonyl (C=O) groups is 1. The molecular weight excluding hydrogens is 332 g/mol. The number of fused-ring (bicyclic) bond motifs is 1. The molecule has 3 nitrogen and oxygen atoms in total. The minimum Gasteiger partial charge on any atom is -0.356 e. The highest BCUT2D eigenvalue weighted by atomic mass is 35.5. The van der Waals surface area contributed by atoms with Crippen molar-refractivity contribution in [3.8, 4) is 0 Å². The molecule has 2 aliphatic rings. The maximum Gasteiger partial charge on any atom is 0.232 e. The van der Waals surface area contributed by atoms with Gasteiger partial charge >= 0.3 is 0 Å². The molecule has 0 spiro atoms. The normalized spacial score (nSPS) is 20.2. The lowest BCUT2D eigenvalue weighted by Crippen LogP contribution is -2.17. The van der Waals surface area contributed by atoms with E-state index in [2.05, 4.69) is 16.7 Å². The molecule has 1 saturated carbocycles. The summed E-state index contributed by atoms with van der Waals surface area (Å²) in [4.78, 5) is 12.5. The number of rotatable bonds is 4. The van der Waals surface area contributed by atoms with Crippen LogP contribution in [0.25, 0.3) is 0 Å². The first-order valence-corrected chi connectivity index (χ1v) is 9.54. The zero-order valence-corrected chi connectivity index (χ0v) is 15.0. The lowest BCUT2D eigenvalue weighted by molar-refractivity contribution is -0.117. The van der Waals surface area contributed by atoms with Crippen molar-refractivity contribution < 1.29 is 4.79 Å². The van der Waals surface area contributed by atoms with E-state index in [1.165, 1.54) is 32.1 Å². The summed E-state index contributed by atoms with van der Waals surface area (Å²) in [5.41, 5.74) is 4.10. The summed E-state index contributed by atoms with van der Waals surface area (Å²) in [6.07, 6.45) is 7.47. The molecular formula is C21H23ClN2O. The van der Waals surface area contributed by atoms with Gasteiger partial charge in [0.1, 0.15) is 0 Å². The van der Waals surface area contributed by atoms with Crippen LogP contribution in [0.2, 0.25) is 5.02 Å². The zero-order chi connectivity index (χ0) is 17.2. The van der Waals surface area contributed by atoms with Gasteiger partial charge in [-0.15, -0.1) is 0 Å². The van der Waals surface area contributed by atoms with Crippen molar-refractivity contribution in [2.75, 3.05) is 10.6 Å². The molecule has 1 aliphatic heterocycles. The molecule has 1 unspecified atom stereocenters.